The van der Waals surface area contributed by atoms with Gasteiger partial charge in [0, 0.05) is 12.3 Å². The number of nitrogens with zero attached hydrogens (tertiary/aromatic N) is 3. The van der Waals surface area contributed by atoms with Gasteiger partial charge in [0.05, 0.1) is 11.3 Å². The molecule has 4 amide bonds. The molecule has 1 saturated heterocycles. The maximum absolute atomic E-state index is 12.9. The van der Waals surface area contributed by atoms with Gasteiger partial charge in [-0.25, -0.2) is 4.79 Å². The maximum Gasteiger partial charge on any atom is 0.331 e. The Morgan fingerprint density at radius 2 is 2.00 bits per heavy atom. The number of fused-ring (bicyclic) bond motifs is 2. The number of hydrogen-bond acceptors (Lipinski definition) is 5. The van der Waals surface area contributed by atoms with E-state index in [1.54, 1.807) is 24.3 Å². The fraction of sp³-hybridized carbons (Fsp3) is 0.421. The second-order valence-corrected chi connectivity index (χ2v) is 7.13. The van der Waals surface area contributed by atoms with E-state index in [1.165, 1.54) is 11.1 Å². The van der Waals surface area contributed by atoms with Crippen LogP contribution in [-0.4, -0.2) is 35.0 Å². The highest BCUT2D eigenvalue weighted by Gasteiger charge is 2.50. The van der Waals surface area contributed by atoms with Crippen LogP contribution in [0, 0.1) is 29.1 Å². The highest BCUT2D eigenvalue weighted by Crippen LogP contribution is 2.47. The number of barbiturate groups is 1. The third-order valence-corrected chi connectivity index (χ3v) is 5.65. The van der Waals surface area contributed by atoms with Crippen molar-refractivity contribution in [1.29, 1.82) is 5.26 Å². The van der Waals surface area contributed by atoms with Gasteiger partial charge < -0.3 is 0 Å². The zero-order chi connectivity index (χ0) is 18.3. The van der Waals surface area contributed by atoms with E-state index < -0.39 is 23.8 Å². The SMILES string of the molecule is N#Cc1ccccc1N=C[C@@H]1C(=O)NC(=O)N([C@@H]2C[C@H]3CC[C@H]2C3)C1=O. The Morgan fingerprint density at radius 3 is 2.69 bits per heavy atom. The Kier molecular flexibility index (Phi) is 4.03. The molecule has 1 aromatic carbocycles. The predicted octanol–water partition coefficient (Wildman–Crippen LogP) is 2.14. The summed E-state index contributed by atoms with van der Waals surface area (Å²) in [5.41, 5.74) is 0.743. The van der Waals surface area contributed by atoms with E-state index in [9.17, 15) is 14.4 Å². The van der Waals surface area contributed by atoms with Crippen molar-refractivity contribution in [2.45, 2.75) is 31.7 Å². The topological polar surface area (TPSA) is 103 Å². The minimum atomic E-state index is -1.15. The van der Waals surface area contributed by atoms with E-state index in [0.29, 0.717) is 23.1 Å². The number of amides is 4. The first-order chi connectivity index (χ1) is 12.6. The molecule has 26 heavy (non-hydrogen) atoms. The van der Waals surface area contributed by atoms with Gasteiger partial charge in [-0.2, -0.15) is 5.26 Å². The molecule has 1 aliphatic heterocycles. The fourth-order valence-corrected chi connectivity index (χ4v) is 4.41. The summed E-state index contributed by atoms with van der Waals surface area (Å²) in [4.78, 5) is 42.7. The number of rotatable bonds is 3. The van der Waals surface area contributed by atoms with E-state index in [0.717, 1.165) is 25.7 Å². The molecule has 132 valence electrons. The van der Waals surface area contributed by atoms with Crippen molar-refractivity contribution in [2.75, 3.05) is 0 Å². The number of nitrogens with one attached hydrogen (secondary N) is 1. The maximum atomic E-state index is 12.9. The molecule has 3 aliphatic rings. The Morgan fingerprint density at radius 1 is 1.19 bits per heavy atom. The minimum Gasteiger partial charge on any atom is -0.277 e. The molecule has 2 bridgehead atoms. The molecular weight excluding hydrogens is 332 g/mol. The van der Waals surface area contributed by atoms with Gasteiger partial charge in [0.1, 0.15) is 6.07 Å². The molecule has 7 heteroatoms. The van der Waals surface area contributed by atoms with Crippen LogP contribution < -0.4 is 5.32 Å². The van der Waals surface area contributed by atoms with Crippen LogP contribution in [0.1, 0.15) is 31.2 Å². The Hall–Kier alpha value is -3.01. The number of urea groups is 1. The zero-order valence-corrected chi connectivity index (χ0v) is 14.1. The van der Waals surface area contributed by atoms with Crippen molar-refractivity contribution < 1.29 is 14.4 Å². The van der Waals surface area contributed by atoms with Gasteiger partial charge in [0.15, 0.2) is 5.92 Å². The summed E-state index contributed by atoms with van der Waals surface area (Å²) in [6.07, 6.45) is 5.28. The molecule has 0 aromatic heterocycles. The zero-order valence-electron chi connectivity index (χ0n) is 14.1. The van der Waals surface area contributed by atoms with Crippen molar-refractivity contribution in [3.63, 3.8) is 0 Å². The molecule has 1 aromatic rings. The second kappa shape index (κ2) is 6.37. The average Bonchev–Trinajstić information content (AvgIpc) is 3.25. The number of aliphatic imine (C=N–C) groups is 1. The van der Waals surface area contributed by atoms with Crippen LogP contribution >= 0.6 is 0 Å². The van der Waals surface area contributed by atoms with Crippen LogP contribution in [0.15, 0.2) is 29.3 Å². The Balaban J connectivity index is 1.59. The summed E-state index contributed by atoms with van der Waals surface area (Å²) >= 11 is 0. The second-order valence-electron chi connectivity index (χ2n) is 7.13. The third kappa shape index (κ3) is 2.68. The largest absolute Gasteiger partial charge is 0.331 e. The molecule has 4 atom stereocenters. The number of hydrogen-bond donors (Lipinski definition) is 1. The first kappa shape index (κ1) is 16.5. The van der Waals surface area contributed by atoms with Crippen molar-refractivity contribution in [1.82, 2.24) is 10.2 Å². The fourth-order valence-electron chi connectivity index (χ4n) is 4.41. The number of para-hydroxylation sites is 1. The molecule has 3 fully saturated rings. The molecule has 7 nitrogen and oxygen atoms in total. The lowest BCUT2D eigenvalue weighted by Crippen LogP contribution is -2.62. The normalized spacial score (nSPS) is 30.7. The smallest absolute Gasteiger partial charge is 0.277 e. The Bertz CT molecular complexity index is 857. The summed E-state index contributed by atoms with van der Waals surface area (Å²) in [6, 6.07) is 7.95. The first-order valence-corrected chi connectivity index (χ1v) is 8.79. The standard InChI is InChI=1S/C19H18N4O3/c20-9-13-3-1-2-4-15(13)21-10-14-17(24)22-19(26)23(18(14)25)16-8-11-5-6-12(16)7-11/h1-4,10-12,14,16H,5-8H2,(H,22,24,26)/t11-,12-,14+,16+/m0/s1. The molecule has 1 N–H and O–H groups in total. The van der Waals surface area contributed by atoms with E-state index in [2.05, 4.69) is 10.3 Å². The molecule has 1 heterocycles. The van der Waals surface area contributed by atoms with Crippen LogP contribution in [0.3, 0.4) is 0 Å². The third-order valence-electron chi connectivity index (χ3n) is 5.65. The predicted molar refractivity (Wildman–Crippen MR) is 92.4 cm³/mol. The summed E-state index contributed by atoms with van der Waals surface area (Å²) in [7, 11) is 0. The number of carbonyl (C=O) groups excluding carboxylic acids is 3. The lowest BCUT2D eigenvalue weighted by Gasteiger charge is -2.36. The molecule has 2 aliphatic carbocycles. The minimum absolute atomic E-state index is 0.128. The molecular formula is C19H18N4O3. The van der Waals surface area contributed by atoms with E-state index in [4.69, 9.17) is 5.26 Å². The van der Waals surface area contributed by atoms with E-state index in [-0.39, 0.29) is 6.04 Å². The van der Waals surface area contributed by atoms with Crippen molar-refractivity contribution >= 4 is 29.7 Å². The van der Waals surface area contributed by atoms with Gasteiger partial charge in [-0.1, -0.05) is 18.6 Å². The van der Waals surface area contributed by atoms with E-state index in [1.807, 2.05) is 6.07 Å². The van der Waals surface area contributed by atoms with Crippen molar-refractivity contribution in [3.05, 3.63) is 29.8 Å². The number of nitriles is 1. The average molecular weight is 350 g/mol. The number of imide groups is 2. The Labute approximate surface area is 150 Å². The summed E-state index contributed by atoms with van der Waals surface area (Å²) in [6.45, 7) is 0. The molecule has 0 radical (unpaired) electrons. The van der Waals surface area contributed by atoms with Gasteiger partial charge in [0.2, 0.25) is 11.8 Å². The highest BCUT2D eigenvalue weighted by atomic mass is 16.2. The first-order valence-electron chi connectivity index (χ1n) is 8.79. The monoisotopic (exact) mass is 350 g/mol. The van der Waals surface area contributed by atoms with Crippen LogP contribution in [0.25, 0.3) is 0 Å². The molecule has 0 unspecified atom stereocenters. The van der Waals surface area contributed by atoms with Gasteiger partial charge in [0.25, 0.3) is 0 Å². The highest BCUT2D eigenvalue weighted by molar-refractivity contribution is 6.23. The number of carbonyl (C=O) groups is 3. The summed E-state index contributed by atoms with van der Waals surface area (Å²) in [5.74, 6) is -1.44. The van der Waals surface area contributed by atoms with Gasteiger partial charge in [-0.3, -0.25) is 24.8 Å². The van der Waals surface area contributed by atoms with Gasteiger partial charge >= 0.3 is 6.03 Å². The lowest BCUT2D eigenvalue weighted by atomic mass is 9.92. The summed E-state index contributed by atoms with van der Waals surface area (Å²) < 4.78 is 0. The number of benzene rings is 1. The molecule has 4 rings (SSSR count). The van der Waals surface area contributed by atoms with Crippen molar-refractivity contribution in [3.8, 4) is 6.07 Å². The lowest BCUT2D eigenvalue weighted by molar-refractivity contribution is -0.141. The van der Waals surface area contributed by atoms with Crippen LogP contribution in [0.2, 0.25) is 0 Å². The van der Waals surface area contributed by atoms with Gasteiger partial charge in [-0.15, -0.1) is 0 Å². The van der Waals surface area contributed by atoms with Crippen LogP contribution in [0.4, 0.5) is 10.5 Å². The van der Waals surface area contributed by atoms with E-state index >= 15 is 0 Å². The molecule has 0 spiro atoms. The van der Waals surface area contributed by atoms with Crippen molar-refractivity contribution in [2.24, 2.45) is 22.7 Å². The van der Waals surface area contributed by atoms with Crippen LogP contribution in [0.5, 0.6) is 0 Å². The quantitative estimate of drug-likeness (QED) is 0.666. The summed E-state index contributed by atoms with van der Waals surface area (Å²) in [5, 5.41) is 11.4. The van der Waals surface area contributed by atoms with Gasteiger partial charge in [-0.05, 0) is 43.2 Å². The van der Waals surface area contributed by atoms with Crippen LogP contribution in [-0.2, 0) is 9.59 Å². The molecule has 2 saturated carbocycles.